The maximum Gasteiger partial charge on any atom is 0.451 e. The highest BCUT2D eigenvalue weighted by Crippen LogP contribution is 2.39. The van der Waals surface area contributed by atoms with Gasteiger partial charge in [0.05, 0.1) is 17.0 Å². The van der Waals surface area contributed by atoms with Gasteiger partial charge in [-0.2, -0.15) is 13.2 Å². The fourth-order valence-corrected chi connectivity index (χ4v) is 4.24. The molecule has 0 unspecified atom stereocenters. The van der Waals surface area contributed by atoms with Crippen molar-refractivity contribution in [3.8, 4) is 39.5 Å². The van der Waals surface area contributed by atoms with Crippen molar-refractivity contribution in [3.05, 3.63) is 103 Å². The van der Waals surface area contributed by atoms with Gasteiger partial charge in [-0.1, -0.05) is 42.5 Å². The Morgan fingerprint density at radius 3 is 2.21 bits per heavy atom. The number of rotatable bonds is 6. The van der Waals surface area contributed by atoms with Gasteiger partial charge in [0.1, 0.15) is 12.1 Å². The summed E-state index contributed by atoms with van der Waals surface area (Å²) in [5.41, 5.74) is 1.97. The average Bonchev–Trinajstić information content (AvgIpc) is 3.38. The zero-order valence-electron chi connectivity index (χ0n) is 19.2. The van der Waals surface area contributed by atoms with E-state index in [0.29, 0.717) is 11.3 Å². The number of aromatic nitrogens is 4. The predicted molar refractivity (Wildman–Crippen MR) is 134 cm³/mol. The van der Waals surface area contributed by atoms with Crippen molar-refractivity contribution < 1.29 is 26.0 Å². The molecule has 192 valence electrons. The molecule has 3 aromatic carbocycles. The third-order valence-corrected chi connectivity index (χ3v) is 5.97. The largest absolute Gasteiger partial charge is 0.451 e. The van der Waals surface area contributed by atoms with Gasteiger partial charge in [0.2, 0.25) is 16.7 Å². The molecule has 2 aromatic heterocycles. The van der Waals surface area contributed by atoms with Crippen LogP contribution in [0, 0.1) is 5.82 Å². The second kappa shape index (κ2) is 10.1. The molecule has 7 nitrogen and oxygen atoms in total. The molecule has 0 aliphatic heterocycles. The van der Waals surface area contributed by atoms with Gasteiger partial charge in [0.25, 0.3) is 0 Å². The average molecular weight is 540 g/mol. The van der Waals surface area contributed by atoms with E-state index in [1.54, 1.807) is 30.3 Å². The molecule has 0 aliphatic rings. The number of hydrogen-bond donors (Lipinski definition) is 2. The molecule has 0 radical (unpaired) electrons. The fraction of sp³-hybridized carbons (Fsp3) is 0.0385. The van der Waals surface area contributed by atoms with E-state index < -0.39 is 28.7 Å². The molecule has 5 aromatic rings. The minimum absolute atomic E-state index is 0.124. The third kappa shape index (κ3) is 5.25. The summed E-state index contributed by atoms with van der Waals surface area (Å²) in [6.45, 7) is 0. The Kier molecular flexibility index (Phi) is 6.64. The summed E-state index contributed by atoms with van der Waals surface area (Å²) in [4.78, 5) is 12.0. The van der Waals surface area contributed by atoms with Gasteiger partial charge in [-0.25, -0.2) is 27.8 Å². The van der Waals surface area contributed by atoms with E-state index in [1.165, 1.54) is 47.4 Å². The fourth-order valence-electron chi connectivity index (χ4n) is 3.89. The first-order chi connectivity index (χ1) is 18.2. The van der Waals surface area contributed by atoms with Crippen LogP contribution in [0.25, 0.3) is 39.5 Å². The molecule has 0 bridgehead atoms. The molecule has 0 fully saturated rings. The lowest BCUT2D eigenvalue weighted by Crippen LogP contribution is -2.15. The summed E-state index contributed by atoms with van der Waals surface area (Å²) in [6.07, 6.45) is -2.03. The Balaban J connectivity index is 1.81. The number of halogens is 4. The molecule has 2 heterocycles. The van der Waals surface area contributed by atoms with E-state index in [0.717, 1.165) is 17.7 Å². The first kappa shape index (κ1) is 25.1. The molecule has 0 saturated heterocycles. The Morgan fingerprint density at radius 1 is 0.816 bits per heavy atom. The lowest BCUT2D eigenvalue weighted by Gasteiger charge is -2.18. The van der Waals surface area contributed by atoms with Crippen molar-refractivity contribution in [2.45, 2.75) is 6.18 Å². The topological polar surface area (TPSA) is 89.8 Å². The highest BCUT2D eigenvalue weighted by molar-refractivity contribution is 7.73. The Hall–Kier alpha value is -4.58. The molecule has 5 rings (SSSR count). The van der Waals surface area contributed by atoms with Crippen molar-refractivity contribution in [1.82, 2.24) is 19.5 Å². The monoisotopic (exact) mass is 539 g/mol. The van der Waals surface area contributed by atoms with Gasteiger partial charge in [-0.3, -0.25) is 9.29 Å². The second-order valence-electron chi connectivity index (χ2n) is 8.08. The second-order valence-corrected chi connectivity index (χ2v) is 8.82. The lowest BCUT2D eigenvalue weighted by atomic mass is 9.98. The SMILES string of the molecule is O=[SH](=O)Nc1cccc(-c2c(-c3ccc(F)cc3)nc(C(F)(F)F)nc2-n2cnc(-c3ccccc3)c2)c1. The highest BCUT2D eigenvalue weighted by Gasteiger charge is 2.37. The van der Waals surface area contributed by atoms with Gasteiger partial charge in [-0.15, -0.1) is 0 Å². The zero-order chi connectivity index (χ0) is 26.9. The van der Waals surface area contributed by atoms with Crippen LogP contribution in [-0.4, -0.2) is 27.9 Å². The van der Waals surface area contributed by atoms with Crippen molar-refractivity contribution >= 4 is 16.6 Å². The molecule has 0 atom stereocenters. The standard InChI is InChI=1S/C26H17F4N5O2S/c27-19-11-9-17(10-12-19)23-22(18-7-4-8-20(13-18)34-38(36)37)24(33-25(32-23)26(28,29)30)35-14-21(31-15-35)16-5-2-1-3-6-16/h1-15,38H,(H,34,36,37). The van der Waals surface area contributed by atoms with E-state index in [9.17, 15) is 26.0 Å². The van der Waals surface area contributed by atoms with E-state index in [4.69, 9.17) is 0 Å². The number of nitrogens with zero attached hydrogens (tertiary/aromatic N) is 4. The summed E-state index contributed by atoms with van der Waals surface area (Å²) in [5, 5.41) is 0. The number of alkyl halides is 3. The van der Waals surface area contributed by atoms with Crippen LogP contribution in [0.15, 0.2) is 91.4 Å². The van der Waals surface area contributed by atoms with Crippen molar-refractivity contribution in [1.29, 1.82) is 0 Å². The van der Waals surface area contributed by atoms with E-state index in [2.05, 4.69) is 19.7 Å². The van der Waals surface area contributed by atoms with Gasteiger partial charge in [0.15, 0.2) is 5.82 Å². The van der Waals surface area contributed by atoms with Gasteiger partial charge < -0.3 is 0 Å². The van der Waals surface area contributed by atoms with E-state index in [-0.39, 0.29) is 28.3 Å². The first-order valence-electron chi connectivity index (χ1n) is 11.1. The van der Waals surface area contributed by atoms with Crippen LogP contribution >= 0.6 is 0 Å². The van der Waals surface area contributed by atoms with Crippen LogP contribution in [0.5, 0.6) is 0 Å². The van der Waals surface area contributed by atoms with Crippen molar-refractivity contribution in [2.24, 2.45) is 0 Å². The summed E-state index contributed by atoms with van der Waals surface area (Å²) in [7, 11) is -2.99. The molecule has 1 N–H and O–H groups in total. The predicted octanol–water partition coefficient (Wildman–Crippen LogP) is 5.76. The number of hydrogen-bond acceptors (Lipinski definition) is 5. The molecule has 12 heteroatoms. The maximum absolute atomic E-state index is 14.0. The molecule has 0 spiro atoms. The zero-order valence-corrected chi connectivity index (χ0v) is 20.1. The van der Waals surface area contributed by atoms with Crippen molar-refractivity contribution in [2.75, 3.05) is 4.72 Å². The number of imidazole rings is 1. The molecule has 38 heavy (non-hydrogen) atoms. The summed E-state index contributed by atoms with van der Waals surface area (Å²) >= 11 is 0. The van der Waals surface area contributed by atoms with Gasteiger partial charge in [-0.05, 0) is 42.0 Å². The van der Waals surface area contributed by atoms with Gasteiger partial charge in [0, 0.05) is 23.0 Å². The number of nitrogens with one attached hydrogen (secondary N) is 1. The van der Waals surface area contributed by atoms with Crippen LogP contribution < -0.4 is 4.72 Å². The minimum Gasteiger partial charge on any atom is -0.289 e. The van der Waals surface area contributed by atoms with Crippen LogP contribution in [0.4, 0.5) is 23.2 Å². The first-order valence-corrected chi connectivity index (χ1v) is 12.2. The molecular formula is C26H17F4N5O2S. The summed E-state index contributed by atoms with van der Waals surface area (Å²) < 4.78 is 81.7. The van der Waals surface area contributed by atoms with E-state index >= 15 is 0 Å². The molecular weight excluding hydrogens is 522 g/mol. The summed E-state index contributed by atoms with van der Waals surface area (Å²) in [6, 6.07) is 19.9. The normalized spacial score (nSPS) is 11.6. The van der Waals surface area contributed by atoms with Crippen LogP contribution in [0.2, 0.25) is 0 Å². The molecule has 0 amide bonds. The Morgan fingerprint density at radius 2 is 1.53 bits per heavy atom. The Bertz CT molecular complexity index is 1680. The smallest absolute Gasteiger partial charge is 0.289 e. The maximum atomic E-state index is 14.0. The quantitative estimate of drug-likeness (QED) is 0.212. The number of thiol groups is 1. The lowest BCUT2D eigenvalue weighted by molar-refractivity contribution is -0.144. The third-order valence-electron chi connectivity index (χ3n) is 5.53. The molecule has 0 aliphatic carbocycles. The van der Waals surface area contributed by atoms with E-state index in [1.807, 2.05) is 6.07 Å². The summed E-state index contributed by atoms with van der Waals surface area (Å²) in [5.74, 6) is -2.12. The minimum atomic E-state index is -4.89. The molecule has 0 saturated carbocycles. The van der Waals surface area contributed by atoms with Gasteiger partial charge >= 0.3 is 6.18 Å². The number of anilines is 1. The van der Waals surface area contributed by atoms with Crippen LogP contribution in [0.1, 0.15) is 5.82 Å². The highest BCUT2D eigenvalue weighted by atomic mass is 32.2. The van der Waals surface area contributed by atoms with Crippen LogP contribution in [-0.2, 0) is 17.1 Å². The van der Waals surface area contributed by atoms with Crippen LogP contribution in [0.3, 0.4) is 0 Å². The number of benzene rings is 3. The Labute approximate surface area is 215 Å². The van der Waals surface area contributed by atoms with Crippen molar-refractivity contribution in [3.63, 3.8) is 0 Å².